The van der Waals surface area contributed by atoms with Crippen molar-refractivity contribution in [2.24, 2.45) is 5.10 Å². The Balaban J connectivity index is 1.95. The highest BCUT2D eigenvalue weighted by Gasteiger charge is 2.20. The van der Waals surface area contributed by atoms with Crippen molar-refractivity contribution in [2.75, 3.05) is 14.2 Å². The zero-order chi connectivity index (χ0) is 29.1. The minimum Gasteiger partial charge on any atom is -0.496 e. The number of benzene rings is 3. The lowest BCUT2D eigenvalue weighted by molar-refractivity contribution is 0.207. The third kappa shape index (κ3) is 5.74. The smallest absolute Gasteiger partial charge is 0.282 e. The SMILES string of the molecule is CC[C@H](C)Oc1c(OC)cc(C=Nn2c(-c3cc(C(C)C)c(OC)cc3C)nc3ccccc3c2=O)c(Br)c1Cl. The number of halogens is 2. The fourth-order valence-electron chi connectivity index (χ4n) is 4.34. The standard InChI is InChI=1S/C31H33BrClN3O4/c1-8-19(5)40-29-26(39-7)14-20(27(32)28(29)33)16-34-36-30(35-24-12-10-9-11-21(24)31(36)37)23-15-22(17(2)3)25(38-6)13-18(23)4/h9-17,19H,8H2,1-7H3/t19-/m0/s1. The summed E-state index contributed by atoms with van der Waals surface area (Å²) >= 11 is 10.3. The monoisotopic (exact) mass is 625 g/mol. The van der Waals surface area contributed by atoms with Crippen LogP contribution in [0.15, 0.2) is 56.8 Å². The zero-order valence-electron chi connectivity index (χ0n) is 23.7. The van der Waals surface area contributed by atoms with E-state index in [1.54, 1.807) is 32.6 Å². The molecule has 0 unspecified atom stereocenters. The van der Waals surface area contributed by atoms with Gasteiger partial charge in [-0.05, 0) is 83.6 Å². The van der Waals surface area contributed by atoms with Gasteiger partial charge in [0.25, 0.3) is 5.56 Å². The van der Waals surface area contributed by atoms with Gasteiger partial charge in [0, 0.05) is 15.6 Å². The Morgan fingerprint density at radius 1 is 1.10 bits per heavy atom. The molecule has 4 aromatic rings. The third-order valence-electron chi connectivity index (χ3n) is 6.78. The van der Waals surface area contributed by atoms with Gasteiger partial charge in [-0.2, -0.15) is 9.78 Å². The van der Waals surface area contributed by atoms with Crippen LogP contribution in [0.4, 0.5) is 0 Å². The first-order valence-electron chi connectivity index (χ1n) is 13.1. The summed E-state index contributed by atoms with van der Waals surface area (Å²) < 4.78 is 19.1. The zero-order valence-corrected chi connectivity index (χ0v) is 26.1. The van der Waals surface area contributed by atoms with Gasteiger partial charge < -0.3 is 14.2 Å². The molecule has 0 spiro atoms. The van der Waals surface area contributed by atoms with Crippen LogP contribution in [0.25, 0.3) is 22.3 Å². The maximum atomic E-state index is 13.8. The number of aromatic nitrogens is 2. The van der Waals surface area contributed by atoms with Gasteiger partial charge in [0.2, 0.25) is 0 Å². The maximum absolute atomic E-state index is 13.8. The molecule has 4 rings (SSSR count). The van der Waals surface area contributed by atoms with Gasteiger partial charge in [-0.3, -0.25) is 4.79 Å². The Morgan fingerprint density at radius 2 is 1.80 bits per heavy atom. The van der Waals surface area contributed by atoms with E-state index >= 15 is 0 Å². The summed E-state index contributed by atoms with van der Waals surface area (Å²) in [6.07, 6.45) is 2.32. The first-order chi connectivity index (χ1) is 19.1. The normalized spacial score (nSPS) is 12.3. The highest BCUT2D eigenvalue weighted by molar-refractivity contribution is 9.10. The van der Waals surface area contributed by atoms with Crippen LogP contribution in [0.5, 0.6) is 17.2 Å². The molecular weight excluding hydrogens is 594 g/mol. The molecule has 0 saturated carbocycles. The maximum Gasteiger partial charge on any atom is 0.282 e. The van der Waals surface area contributed by atoms with E-state index in [1.807, 2.05) is 51.1 Å². The number of para-hydroxylation sites is 1. The van der Waals surface area contributed by atoms with Gasteiger partial charge in [-0.15, -0.1) is 0 Å². The quantitative estimate of drug-likeness (QED) is 0.176. The lowest BCUT2D eigenvalue weighted by Gasteiger charge is -2.19. The van der Waals surface area contributed by atoms with E-state index in [0.717, 1.165) is 28.9 Å². The van der Waals surface area contributed by atoms with Crippen molar-refractivity contribution in [1.29, 1.82) is 0 Å². The van der Waals surface area contributed by atoms with E-state index in [1.165, 1.54) is 4.68 Å². The lowest BCUT2D eigenvalue weighted by atomic mass is 9.96. The predicted molar refractivity (Wildman–Crippen MR) is 166 cm³/mol. The molecule has 1 heterocycles. The van der Waals surface area contributed by atoms with Gasteiger partial charge in [0.05, 0.1) is 37.4 Å². The molecule has 0 radical (unpaired) electrons. The van der Waals surface area contributed by atoms with Crippen LogP contribution in [0.1, 0.15) is 56.7 Å². The van der Waals surface area contributed by atoms with Crippen molar-refractivity contribution in [2.45, 2.75) is 53.1 Å². The predicted octanol–water partition coefficient (Wildman–Crippen LogP) is 7.99. The number of methoxy groups -OCH3 is 2. The molecule has 0 aliphatic carbocycles. The minimum absolute atomic E-state index is 0.0499. The van der Waals surface area contributed by atoms with Crippen molar-refractivity contribution >= 4 is 44.6 Å². The van der Waals surface area contributed by atoms with Crippen molar-refractivity contribution < 1.29 is 14.2 Å². The first-order valence-corrected chi connectivity index (χ1v) is 14.3. The summed E-state index contributed by atoms with van der Waals surface area (Å²) in [5.41, 5.74) is 3.62. The molecule has 9 heteroatoms. The summed E-state index contributed by atoms with van der Waals surface area (Å²) in [6, 6.07) is 13.0. The summed E-state index contributed by atoms with van der Waals surface area (Å²) in [4.78, 5) is 18.7. The summed E-state index contributed by atoms with van der Waals surface area (Å²) in [5.74, 6) is 2.32. The largest absolute Gasteiger partial charge is 0.496 e. The third-order valence-corrected chi connectivity index (χ3v) is 8.22. The molecule has 210 valence electrons. The van der Waals surface area contributed by atoms with Gasteiger partial charge in [0.15, 0.2) is 17.3 Å². The number of hydrogen-bond acceptors (Lipinski definition) is 6. The van der Waals surface area contributed by atoms with Gasteiger partial charge in [-0.1, -0.05) is 44.5 Å². The molecule has 0 bridgehead atoms. The molecule has 1 atom stereocenters. The van der Waals surface area contributed by atoms with Crippen LogP contribution in [-0.2, 0) is 0 Å². The molecule has 0 aliphatic heterocycles. The average Bonchev–Trinajstić information content (AvgIpc) is 2.95. The number of ether oxygens (including phenoxy) is 3. The van der Waals surface area contributed by atoms with Crippen LogP contribution < -0.4 is 19.8 Å². The highest BCUT2D eigenvalue weighted by Crippen LogP contribution is 2.43. The lowest BCUT2D eigenvalue weighted by Crippen LogP contribution is -2.21. The second kappa shape index (κ2) is 12.4. The molecule has 40 heavy (non-hydrogen) atoms. The molecule has 1 aromatic heterocycles. The fraction of sp³-hybridized carbons (Fsp3) is 0.323. The average molecular weight is 627 g/mol. The van der Waals surface area contributed by atoms with E-state index in [9.17, 15) is 4.79 Å². The topological polar surface area (TPSA) is 74.9 Å². The second-order valence-electron chi connectivity index (χ2n) is 9.84. The molecule has 0 saturated heterocycles. The number of nitrogens with zero attached hydrogens (tertiary/aromatic N) is 3. The van der Waals surface area contributed by atoms with Gasteiger partial charge >= 0.3 is 0 Å². The summed E-state index contributed by atoms with van der Waals surface area (Å²) in [6.45, 7) is 10.2. The molecule has 3 aromatic carbocycles. The van der Waals surface area contributed by atoms with E-state index in [-0.39, 0.29) is 17.6 Å². The van der Waals surface area contributed by atoms with Crippen molar-refractivity contribution in [3.63, 3.8) is 0 Å². The molecule has 0 amide bonds. The van der Waals surface area contributed by atoms with Crippen LogP contribution in [0.2, 0.25) is 5.02 Å². The second-order valence-corrected chi connectivity index (χ2v) is 11.0. The minimum atomic E-state index is -0.288. The van der Waals surface area contributed by atoms with E-state index < -0.39 is 0 Å². The van der Waals surface area contributed by atoms with E-state index in [0.29, 0.717) is 43.3 Å². The highest BCUT2D eigenvalue weighted by atomic mass is 79.9. The van der Waals surface area contributed by atoms with Crippen LogP contribution in [0, 0.1) is 6.92 Å². The Bertz CT molecular complexity index is 1650. The van der Waals surface area contributed by atoms with Crippen molar-refractivity contribution in [3.05, 3.63) is 79.0 Å². The first kappa shape index (κ1) is 29.6. The Hall–Kier alpha value is -3.36. The Kier molecular flexibility index (Phi) is 9.21. The van der Waals surface area contributed by atoms with Crippen LogP contribution >= 0.6 is 27.5 Å². The molecular formula is C31H33BrClN3O4. The van der Waals surface area contributed by atoms with Crippen LogP contribution in [0.3, 0.4) is 0 Å². The summed E-state index contributed by atoms with van der Waals surface area (Å²) in [7, 11) is 3.21. The molecule has 0 fully saturated rings. The van der Waals surface area contributed by atoms with E-state index in [4.69, 9.17) is 30.8 Å². The number of rotatable bonds is 9. The molecule has 0 aliphatic rings. The number of fused-ring (bicyclic) bond motifs is 1. The van der Waals surface area contributed by atoms with E-state index in [2.05, 4.69) is 34.9 Å². The number of aryl methyl sites for hydroxylation is 1. The Labute approximate surface area is 247 Å². The fourth-order valence-corrected chi connectivity index (χ4v) is 4.98. The molecule has 7 nitrogen and oxygen atoms in total. The van der Waals surface area contributed by atoms with Gasteiger partial charge in [-0.25, -0.2) is 4.98 Å². The van der Waals surface area contributed by atoms with Crippen LogP contribution in [-0.4, -0.2) is 36.2 Å². The molecule has 0 N–H and O–H groups in total. The number of hydrogen-bond donors (Lipinski definition) is 0. The van der Waals surface area contributed by atoms with Crippen molar-refractivity contribution in [1.82, 2.24) is 9.66 Å². The summed E-state index contributed by atoms with van der Waals surface area (Å²) in [5, 5.41) is 5.47. The Morgan fingerprint density at radius 3 is 2.45 bits per heavy atom. The van der Waals surface area contributed by atoms with Crippen molar-refractivity contribution in [3.8, 4) is 28.6 Å². The van der Waals surface area contributed by atoms with Gasteiger partial charge in [0.1, 0.15) is 10.8 Å².